The normalized spacial score (nSPS) is 12.0. The molecule has 0 unspecified atom stereocenters. The molecule has 0 radical (unpaired) electrons. The van der Waals surface area contributed by atoms with E-state index in [0.717, 1.165) is 0 Å². The van der Waals surface area contributed by atoms with Gasteiger partial charge in [0.05, 0.1) is 12.7 Å². The highest BCUT2D eigenvalue weighted by Gasteiger charge is 2.20. The number of ether oxygens (including phenoxy) is 1. The molecule has 2 N–H and O–H groups in total. The molecule has 0 spiro atoms. The monoisotopic (exact) mass is 371 g/mol. The largest absolute Gasteiger partial charge is 0.508 e. The maximum atomic E-state index is 13.5. The van der Waals surface area contributed by atoms with Gasteiger partial charge in [0, 0.05) is 22.7 Å². The summed E-state index contributed by atoms with van der Waals surface area (Å²) in [5, 5.41) is 12.6. The number of furan rings is 1. The number of halogens is 1. The smallest absolute Gasteiger partial charge is 0.311 e. The van der Waals surface area contributed by atoms with E-state index in [-0.39, 0.29) is 17.9 Å². The Hall–Kier alpha value is -3.35. The Morgan fingerprint density at radius 1 is 1.26 bits per heavy atom. The van der Waals surface area contributed by atoms with Crippen LogP contribution in [0.4, 0.5) is 10.1 Å². The molecule has 0 fully saturated rings. The predicted molar refractivity (Wildman–Crippen MR) is 96.9 cm³/mol. The van der Waals surface area contributed by atoms with Crippen molar-refractivity contribution < 1.29 is 28.2 Å². The van der Waals surface area contributed by atoms with Gasteiger partial charge in [0.25, 0.3) is 5.91 Å². The summed E-state index contributed by atoms with van der Waals surface area (Å²) in [4.78, 5) is 24.3. The lowest BCUT2D eigenvalue weighted by molar-refractivity contribution is -0.152. The van der Waals surface area contributed by atoms with Gasteiger partial charge in [-0.3, -0.25) is 9.59 Å². The lowest BCUT2D eigenvalue weighted by Crippen LogP contribution is -2.30. The molecule has 0 saturated carbocycles. The van der Waals surface area contributed by atoms with Crippen molar-refractivity contribution in [3.8, 4) is 5.75 Å². The van der Waals surface area contributed by atoms with Crippen molar-refractivity contribution in [2.75, 3.05) is 5.32 Å². The zero-order valence-corrected chi connectivity index (χ0v) is 14.8. The zero-order valence-electron chi connectivity index (χ0n) is 14.8. The van der Waals surface area contributed by atoms with Crippen LogP contribution < -0.4 is 5.32 Å². The minimum absolute atomic E-state index is 0.0591. The fourth-order valence-electron chi connectivity index (χ4n) is 2.57. The molecule has 0 bridgehead atoms. The highest BCUT2D eigenvalue weighted by Crippen LogP contribution is 2.25. The number of fused-ring (bicyclic) bond motifs is 1. The molecule has 0 aliphatic carbocycles. The number of hydrogen-bond donors (Lipinski definition) is 2. The Kier molecular flexibility index (Phi) is 5.12. The number of aromatic hydroxyl groups is 1. The van der Waals surface area contributed by atoms with E-state index in [1.54, 1.807) is 25.1 Å². The maximum absolute atomic E-state index is 13.5. The van der Waals surface area contributed by atoms with Crippen molar-refractivity contribution in [3.63, 3.8) is 0 Å². The van der Waals surface area contributed by atoms with E-state index in [2.05, 4.69) is 5.32 Å². The molecule has 140 valence electrons. The number of anilines is 1. The van der Waals surface area contributed by atoms with Crippen LogP contribution >= 0.6 is 0 Å². The first-order valence-corrected chi connectivity index (χ1v) is 8.29. The predicted octanol–water partition coefficient (Wildman–Crippen LogP) is 3.70. The van der Waals surface area contributed by atoms with Crippen molar-refractivity contribution in [2.24, 2.45) is 0 Å². The van der Waals surface area contributed by atoms with Crippen LogP contribution in [-0.2, 0) is 20.7 Å². The van der Waals surface area contributed by atoms with Crippen molar-refractivity contribution in [1.82, 2.24) is 0 Å². The molecule has 7 heteroatoms. The van der Waals surface area contributed by atoms with Gasteiger partial charge in [-0.2, -0.15) is 0 Å². The molecule has 1 amide bonds. The number of esters is 1. The molecule has 3 rings (SSSR count). The summed E-state index contributed by atoms with van der Waals surface area (Å²) in [7, 11) is 0. The quantitative estimate of drug-likeness (QED) is 0.668. The summed E-state index contributed by atoms with van der Waals surface area (Å²) in [6.07, 6.45) is 0.267. The number of phenolic OH excluding ortho intramolecular Hbond substituents is 1. The van der Waals surface area contributed by atoms with Crippen LogP contribution in [0, 0.1) is 12.7 Å². The van der Waals surface area contributed by atoms with Crippen molar-refractivity contribution in [2.45, 2.75) is 26.4 Å². The first-order chi connectivity index (χ1) is 12.8. The van der Waals surface area contributed by atoms with Gasteiger partial charge in [0.1, 0.15) is 17.1 Å². The van der Waals surface area contributed by atoms with E-state index < -0.39 is 23.8 Å². The summed E-state index contributed by atoms with van der Waals surface area (Å²) in [5.74, 6) is -1.55. The second-order valence-electron chi connectivity index (χ2n) is 6.20. The molecule has 3 aromatic rings. The van der Waals surface area contributed by atoms with Gasteiger partial charge in [-0.1, -0.05) is 6.07 Å². The lowest BCUT2D eigenvalue weighted by Gasteiger charge is -2.13. The highest BCUT2D eigenvalue weighted by atomic mass is 19.1. The van der Waals surface area contributed by atoms with Crippen LogP contribution in [0.2, 0.25) is 0 Å². The van der Waals surface area contributed by atoms with Gasteiger partial charge in [0.2, 0.25) is 0 Å². The van der Waals surface area contributed by atoms with Crippen molar-refractivity contribution in [1.29, 1.82) is 0 Å². The Morgan fingerprint density at radius 3 is 2.78 bits per heavy atom. The molecule has 1 heterocycles. The van der Waals surface area contributed by atoms with Gasteiger partial charge in [-0.25, -0.2) is 4.39 Å². The Balaban J connectivity index is 1.60. The SMILES string of the molecule is Cc1ccc(NC(=O)[C@H](C)OC(=O)Cc2coc3cc(O)ccc23)cc1F. The van der Waals surface area contributed by atoms with E-state index in [1.807, 2.05) is 0 Å². The number of rotatable bonds is 5. The third-order valence-corrected chi connectivity index (χ3v) is 4.09. The molecule has 27 heavy (non-hydrogen) atoms. The fraction of sp³-hybridized carbons (Fsp3) is 0.200. The first-order valence-electron chi connectivity index (χ1n) is 8.29. The second-order valence-corrected chi connectivity index (χ2v) is 6.20. The number of phenols is 1. The molecular formula is C20H18FNO5. The van der Waals surface area contributed by atoms with E-state index in [0.29, 0.717) is 22.1 Å². The fourth-order valence-corrected chi connectivity index (χ4v) is 2.57. The van der Waals surface area contributed by atoms with Gasteiger partial charge in [-0.15, -0.1) is 0 Å². The van der Waals surface area contributed by atoms with E-state index in [1.165, 1.54) is 31.4 Å². The number of carbonyl (C=O) groups is 2. The maximum Gasteiger partial charge on any atom is 0.311 e. The van der Waals surface area contributed by atoms with Crippen LogP contribution in [-0.4, -0.2) is 23.1 Å². The van der Waals surface area contributed by atoms with Crippen LogP contribution in [0.5, 0.6) is 5.75 Å². The van der Waals surface area contributed by atoms with E-state index >= 15 is 0 Å². The van der Waals surface area contributed by atoms with Crippen molar-refractivity contribution >= 4 is 28.5 Å². The molecular weight excluding hydrogens is 353 g/mol. The molecule has 1 aromatic heterocycles. The van der Waals surface area contributed by atoms with Gasteiger partial charge in [-0.05, 0) is 43.7 Å². The summed E-state index contributed by atoms with van der Waals surface area (Å²) in [6, 6.07) is 8.89. The number of amides is 1. The molecule has 0 saturated heterocycles. The number of hydrogen-bond acceptors (Lipinski definition) is 5. The summed E-state index contributed by atoms with van der Waals surface area (Å²) in [6.45, 7) is 3.05. The van der Waals surface area contributed by atoms with Crippen LogP contribution in [0.3, 0.4) is 0 Å². The van der Waals surface area contributed by atoms with E-state index in [4.69, 9.17) is 9.15 Å². The average Bonchev–Trinajstić information content (AvgIpc) is 2.99. The minimum Gasteiger partial charge on any atom is -0.508 e. The number of nitrogens with one attached hydrogen (secondary N) is 1. The van der Waals surface area contributed by atoms with Crippen LogP contribution in [0.15, 0.2) is 47.1 Å². The molecule has 6 nitrogen and oxygen atoms in total. The van der Waals surface area contributed by atoms with Crippen LogP contribution in [0.25, 0.3) is 11.0 Å². The number of aryl methyl sites for hydroxylation is 1. The topological polar surface area (TPSA) is 88.8 Å². The Morgan fingerprint density at radius 2 is 2.04 bits per heavy atom. The Bertz CT molecular complexity index is 1010. The van der Waals surface area contributed by atoms with Crippen LogP contribution in [0.1, 0.15) is 18.1 Å². The second kappa shape index (κ2) is 7.49. The molecule has 0 aliphatic heterocycles. The Labute approximate surface area is 154 Å². The number of carbonyl (C=O) groups excluding carboxylic acids is 2. The van der Waals surface area contributed by atoms with Gasteiger partial charge in [0.15, 0.2) is 6.10 Å². The third-order valence-electron chi connectivity index (χ3n) is 4.09. The van der Waals surface area contributed by atoms with Gasteiger partial charge >= 0.3 is 5.97 Å². The molecule has 2 aromatic carbocycles. The van der Waals surface area contributed by atoms with E-state index in [9.17, 15) is 19.1 Å². The summed E-state index contributed by atoms with van der Waals surface area (Å²) >= 11 is 0. The average molecular weight is 371 g/mol. The summed E-state index contributed by atoms with van der Waals surface area (Å²) < 4.78 is 24.0. The first kappa shape index (κ1) is 18.4. The third kappa shape index (κ3) is 4.25. The minimum atomic E-state index is -1.05. The zero-order chi connectivity index (χ0) is 19.6. The number of benzene rings is 2. The standard InChI is InChI=1S/C20H18FNO5/c1-11-3-4-14(8-17(11)21)22-20(25)12(2)27-19(24)7-13-10-26-18-9-15(23)5-6-16(13)18/h3-6,8-10,12,23H,7H2,1-2H3,(H,22,25)/t12-/m0/s1. The van der Waals surface area contributed by atoms with Gasteiger partial charge < -0.3 is 19.6 Å². The summed E-state index contributed by atoms with van der Waals surface area (Å²) in [5.41, 5.74) is 1.79. The lowest BCUT2D eigenvalue weighted by atomic mass is 10.1. The molecule has 0 aliphatic rings. The van der Waals surface area contributed by atoms with Crippen molar-refractivity contribution in [3.05, 3.63) is 59.6 Å². The molecule has 1 atom stereocenters. The highest BCUT2D eigenvalue weighted by molar-refractivity contribution is 5.95.